The van der Waals surface area contributed by atoms with Gasteiger partial charge in [0.05, 0.1) is 12.7 Å². The van der Waals surface area contributed by atoms with E-state index in [1.54, 1.807) is 13.0 Å². The van der Waals surface area contributed by atoms with Gasteiger partial charge in [-0.1, -0.05) is 12.2 Å². The van der Waals surface area contributed by atoms with E-state index in [1.807, 2.05) is 19.9 Å². The van der Waals surface area contributed by atoms with Crippen molar-refractivity contribution in [2.45, 2.75) is 44.0 Å². The van der Waals surface area contributed by atoms with Crippen molar-refractivity contribution in [3.05, 3.63) is 63.2 Å². The van der Waals surface area contributed by atoms with Crippen LogP contribution in [0.1, 0.15) is 37.7 Å². The number of epoxide rings is 1. The van der Waals surface area contributed by atoms with Gasteiger partial charge < -0.3 is 23.7 Å². The number of phenolic OH excluding ortho intramolecular Hbond substituents is 1. The van der Waals surface area contributed by atoms with Gasteiger partial charge in [-0.25, -0.2) is 0 Å². The van der Waals surface area contributed by atoms with Crippen LogP contribution in [-0.4, -0.2) is 35.0 Å². The van der Waals surface area contributed by atoms with Crippen LogP contribution in [0.15, 0.2) is 45.3 Å². The highest BCUT2D eigenvalue weighted by Crippen LogP contribution is 2.68. The van der Waals surface area contributed by atoms with E-state index in [0.717, 1.165) is 6.08 Å². The minimum Gasteiger partial charge on any atom is -0.507 e. The topological polar surface area (TPSA) is 116 Å². The molecule has 174 valence electrons. The van der Waals surface area contributed by atoms with Crippen LogP contribution in [0.3, 0.4) is 0 Å². The summed E-state index contributed by atoms with van der Waals surface area (Å²) >= 11 is 0. The molecule has 3 heterocycles. The number of methoxy groups -OCH3 is 1. The number of fused-ring (bicyclic) bond motifs is 4. The zero-order chi connectivity index (χ0) is 24.4. The number of hydrogen-bond donors (Lipinski definition) is 1. The fraction of sp³-hybridized carbons (Fsp3) is 0.346. The third kappa shape index (κ3) is 2.19. The average molecular weight is 462 g/mol. The van der Waals surface area contributed by atoms with Gasteiger partial charge in [0.15, 0.2) is 28.1 Å². The first-order valence-electron chi connectivity index (χ1n) is 10.9. The molecule has 2 aliphatic carbocycles. The number of carbonyl (C=O) groups is 2. The molecule has 1 saturated heterocycles. The number of hydrogen-bond acceptors (Lipinski definition) is 8. The Kier molecular flexibility index (Phi) is 3.73. The molecule has 0 amide bonds. The monoisotopic (exact) mass is 462 g/mol. The number of ether oxygens (including phenoxy) is 3. The molecule has 0 bridgehead atoms. The predicted molar refractivity (Wildman–Crippen MR) is 120 cm³/mol. The van der Waals surface area contributed by atoms with E-state index in [9.17, 15) is 19.5 Å². The molecule has 8 nitrogen and oxygen atoms in total. The molecule has 1 fully saturated rings. The maximum atomic E-state index is 13.7. The third-order valence-electron chi connectivity index (χ3n) is 7.26. The van der Waals surface area contributed by atoms with Gasteiger partial charge in [-0.05, 0) is 39.3 Å². The molecule has 0 saturated carbocycles. The van der Waals surface area contributed by atoms with E-state index in [-0.39, 0.29) is 40.2 Å². The highest BCUT2D eigenvalue weighted by atomic mass is 16.7. The van der Waals surface area contributed by atoms with Crippen molar-refractivity contribution >= 4 is 28.6 Å². The summed E-state index contributed by atoms with van der Waals surface area (Å²) in [5, 5.41) is 10.7. The van der Waals surface area contributed by atoms with Crippen LogP contribution >= 0.6 is 0 Å². The second kappa shape index (κ2) is 6.07. The van der Waals surface area contributed by atoms with Gasteiger partial charge in [0.25, 0.3) is 0 Å². The minimum absolute atomic E-state index is 0.0155. The van der Waals surface area contributed by atoms with Crippen molar-refractivity contribution in [2.24, 2.45) is 5.92 Å². The Morgan fingerprint density at radius 1 is 1.26 bits per heavy atom. The smallest absolute Gasteiger partial charge is 0.233 e. The maximum absolute atomic E-state index is 13.7. The Morgan fingerprint density at radius 2 is 2.00 bits per heavy atom. The van der Waals surface area contributed by atoms with Gasteiger partial charge in [0.1, 0.15) is 22.5 Å². The second-order valence-corrected chi connectivity index (χ2v) is 9.82. The molecule has 0 radical (unpaired) electrons. The van der Waals surface area contributed by atoms with E-state index < -0.39 is 39.7 Å². The largest absolute Gasteiger partial charge is 0.507 e. The summed E-state index contributed by atoms with van der Waals surface area (Å²) in [4.78, 5) is 40.5. The Labute approximate surface area is 194 Å². The highest BCUT2D eigenvalue weighted by molar-refractivity contribution is 6.20. The zero-order valence-electron chi connectivity index (χ0n) is 19.1. The molecule has 6 rings (SSSR count). The van der Waals surface area contributed by atoms with Crippen molar-refractivity contribution in [2.75, 3.05) is 7.11 Å². The molecule has 3 atom stereocenters. The zero-order valence-corrected chi connectivity index (χ0v) is 19.1. The Bertz CT molecular complexity index is 1500. The van der Waals surface area contributed by atoms with Gasteiger partial charge >= 0.3 is 0 Å². The summed E-state index contributed by atoms with van der Waals surface area (Å²) < 4.78 is 23.4. The van der Waals surface area contributed by atoms with Gasteiger partial charge in [-0.2, -0.15) is 0 Å². The first-order valence-corrected chi connectivity index (χ1v) is 10.9. The normalized spacial score (nSPS) is 29.9. The number of benzene rings is 1. The number of carbonyl (C=O) groups excluding carboxylic acids is 2. The predicted octanol–water partition coefficient (Wildman–Crippen LogP) is 3.08. The lowest BCUT2D eigenvalue weighted by atomic mass is 9.63. The van der Waals surface area contributed by atoms with Crippen molar-refractivity contribution in [3.8, 4) is 11.5 Å². The van der Waals surface area contributed by atoms with E-state index in [1.165, 1.54) is 13.2 Å². The van der Waals surface area contributed by atoms with E-state index in [2.05, 4.69) is 6.58 Å². The number of rotatable bonds is 2. The SMILES string of the molecule is C=C(C)[C@@H]1Cc2c(oc3c4c(cc(O)c3c2=O)OC(C)(C)C=C4)[C@@]23O[C@@]12C(=O)C(OC)=CC3=O. The van der Waals surface area contributed by atoms with Crippen LogP contribution in [0.2, 0.25) is 0 Å². The van der Waals surface area contributed by atoms with E-state index in [0.29, 0.717) is 16.9 Å². The van der Waals surface area contributed by atoms with Crippen LogP contribution in [-0.2, 0) is 31.1 Å². The fourth-order valence-electron chi connectivity index (χ4n) is 5.64. The molecule has 1 N–H and O–H groups in total. The summed E-state index contributed by atoms with van der Waals surface area (Å²) in [6, 6.07) is 1.39. The molecule has 1 aromatic heterocycles. The summed E-state index contributed by atoms with van der Waals surface area (Å²) in [5.74, 6) is -1.76. The van der Waals surface area contributed by atoms with Gasteiger partial charge in [0, 0.05) is 23.6 Å². The van der Waals surface area contributed by atoms with Gasteiger partial charge in [0.2, 0.25) is 17.2 Å². The molecule has 4 aliphatic rings. The van der Waals surface area contributed by atoms with Crippen molar-refractivity contribution in [3.63, 3.8) is 0 Å². The van der Waals surface area contributed by atoms with Crippen LogP contribution in [0.25, 0.3) is 17.0 Å². The van der Waals surface area contributed by atoms with Gasteiger partial charge in [-0.15, -0.1) is 0 Å². The van der Waals surface area contributed by atoms with E-state index >= 15 is 0 Å². The summed E-state index contributed by atoms with van der Waals surface area (Å²) in [6.45, 7) is 9.42. The van der Waals surface area contributed by atoms with Crippen molar-refractivity contribution in [1.82, 2.24) is 0 Å². The first kappa shape index (κ1) is 20.9. The highest BCUT2D eigenvalue weighted by Gasteiger charge is 2.87. The molecule has 1 aromatic carbocycles. The molecular weight excluding hydrogens is 440 g/mol. The average Bonchev–Trinajstić information content (AvgIpc) is 3.49. The molecule has 0 unspecified atom stereocenters. The molecule has 0 spiro atoms. The third-order valence-corrected chi connectivity index (χ3v) is 7.26. The lowest BCUT2D eigenvalue weighted by molar-refractivity contribution is -0.128. The summed E-state index contributed by atoms with van der Waals surface area (Å²) in [6.07, 6.45) is 4.72. The quantitative estimate of drug-likeness (QED) is 0.535. The van der Waals surface area contributed by atoms with Crippen LogP contribution in [0.5, 0.6) is 11.5 Å². The van der Waals surface area contributed by atoms with Crippen LogP contribution in [0.4, 0.5) is 0 Å². The Balaban J connectivity index is 1.71. The van der Waals surface area contributed by atoms with Crippen LogP contribution < -0.4 is 10.2 Å². The number of Topliss-reactive ketones (excluding diaryl/α,β-unsaturated/α-hetero) is 1. The molecule has 34 heavy (non-hydrogen) atoms. The van der Waals surface area contributed by atoms with E-state index in [4.69, 9.17) is 18.6 Å². The molecule has 2 aromatic rings. The maximum Gasteiger partial charge on any atom is 0.233 e. The molecular formula is C26H22O8. The lowest BCUT2D eigenvalue weighted by Gasteiger charge is -2.34. The molecule has 2 aliphatic heterocycles. The standard InChI is InChI=1S/C26H22O8/c1-11(2)14-8-13-20(29)19-15(27)9-16-12(6-7-24(3,4)33-16)21(19)32-23(13)26-18(28)10-17(31-5)22(30)25(14,26)34-26/h6-7,9-10,14,27H,1,8H2,2-5H3/t14-,25+,26+/m0/s1. The number of ketones is 2. The Morgan fingerprint density at radius 3 is 2.68 bits per heavy atom. The number of phenols is 1. The second-order valence-electron chi connectivity index (χ2n) is 9.82. The lowest BCUT2D eigenvalue weighted by Crippen LogP contribution is -2.52. The summed E-state index contributed by atoms with van der Waals surface area (Å²) in [7, 11) is 1.31. The fourth-order valence-corrected chi connectivity index (χ4v) is 5.64. The summed E-state index contributed by atoms with van der Waals surface area (Å²) in [5.41, 5.74) is -3.19. The first-order chi connectivity index (χ1) is 16.0. The van der Waals surface area contributed by atoms with Crippen LogP contribution in [0, 0.1) is 5.92 Å². The molecule has 8 heteroatoms. The minimum atomic E-state index is -1.78. The Hall–Kier alpha value is -3.65. The van der Waals surface area contributed by atoms with Gasteiger partial charge in [-0.3, -0.25) is 14.4 Å². The van der Waals surface area contributed by atoms with Crippen molar-refractivity contribution in [1.29, 1.82) is 0 Å². The van der Waals surface area contributed by atoms with Crippen molar-refractivity contribution < 1.29 is 33.3 Å². The number of aromatic hydroxyl groups is 1.